The standard InChI is InChI=1S/C21H24N4O/c1-2-17-7-3-5-9-19(17)23-21(26)16-24-11-13-25(14-12-24)20-10-6-4-8-18(20)15-22/h3-10H,2,11-14,16H2,1H3,(H,23,26). The van der Waals surface area contributed by atoms with Crippen LogP contribution in [0.25, 0.3) is 0 Å². The van der Waals surface area contributed by atoms with Crippen molar-refractivity contribution in [2.75, 3.05) is 42.9 Å². The third-order valence-electron chi connectivity index (χ3n) is 4.78. The fourth-order valence-electron chi connectivity index (χ4n) is 3.33. The summed E-state index contributed by atoms with van der Waals surface area (Å²) in [6.07, 6.45) is 0.896. The molecule has 1 fully saturated rings. The first-order valence-corrected chi connectivity index (χ1v) is 9.05. The van der Waals surface area contributed by atoms with Crippen LogP contribution >= 0.6 is 0 Å². The van der Waals surface area contributed by atoms with Gasteiger partial charge in [0.25, 0.3) is 0 Å². The number of nitrogens with one attached hydrogen (secondary N) is 1. The second-order valence-electron chi connectivity index (χ2n) is 6.45. The molecule has 2 aromatic carbocycles. The number of carbonyl (C=O) groups excluding carboxylic acids is 1. The first kappa shape index (κ1) is 18.0. The number of para-hydroxylation sites is 2. The maximum absolute atomic E-state index is 12.4. The number of hydrogen-bond acceptors (Lipinski definition) is 4. The van der Waals surface area contributed by atoms with Gasteiger partial charge in [-0.05, 0) is 30.2 Å². The van der Waals surface area contributed by atoms with Crippen molar-refractivity contribution in [2.45, 2.75) is 13.3 Å². The third-order valence-corrected chi connectivity index (χ3v) is 4.78. The van der Waals surface area contributed by atoms with Gasteiger partial charge in [0.2, 0.25) is 5.91 Å². The van der Waals surface area contributed by atoms with Gasteiger partial charge in [0.1, 0.15) is 6.07 Å². The smallest absolute Gasteiger partial charge is 0.238 e. The molecule has 5 heteroatoms. The lowest BCUT2D eigenvalue weighted by molar-refractivity contribution is -0.117. The molecule has 0 saturated carbocycles. The van der Waals surface area contributed by atoms with Gasteiger partial charge in [-0.1, -0.05) is 37.3 Å². The molecular formula is C21H24N4O. The molecular weight excluding hydrogens is 324 g/mol. The van der Waals surface area contributed by atoms with Crippen LogP contribution in [-0.2, 0) is 11.2 Å². The van der Waals surface area contributed by atoms with Crippen molar-refractivity contribution >= 4 is 17.3 Å². The quantitative estimate of drug-likeness (QED) is 0.903. The molecule has 26 heavy (non-hydrogen) atoms. The van der Waals surface area contributed by atoms with Gasteiger partial charge < -0.3 is 10.2 Å². The molecule has 1 aliphatic rings. The summed E-state index contributed by atoms with van der Waals surface area (Å²) >= 11 is 0. The molecule has 0 unspecified atom stereocenters. The Labute approximate surface area is 154 Å². The second-order valence-corrected chi connectivity index (χ2v) is 6.45. The van der Waals surface area contributed by atoms with E-state index in [1.165, 1.54) is 0 Å². The summed E-state index contributed by atoms with van der Waals surface area (Å²) in [5, 5.41) is 12.3. The summed E-state index contributed by atoms with van der Waals surface area (Å²) in [6, 6.07) is 17.9. The number of aryl methyl sites for hydroxylation is 1. The van der Waals surface area contributed by atoms with Gasteiger partial charge in [-0.2, -0.15) is 5.26 Å². The van der Waals surface area contributed by atoms with Crippen LogP contribution in [0.2, 0.25) is 0 Å². The van der Waals surface area contributed by atoms with Crippen LogP contribution in [0.15, 0.2) is 48.5 Å². The van der Waals surface area contributed by atoms with E-state index in [1.807, 2.05) is 48.5 Å². The SMILES string of the molecule is CCc1ccccc1NC(=O)CN1CCN(c2ccccc2C#N)CC1. The highest BCUT2D eigenvalue weighted by molar-refractivity contribution is 5.93. The van der Waals surface area contributed by atoms with Crippen LogP contribution in [0.1, 0.15) is 18.1 Å². The van der Waals surface area contributed by atoms with E-state index >= 15 is 0 Å². The number of carbonyl (C=O) groups is 1. The molecule has 0 spiro atoms. The fraction of sp³-hybridized carbons (Fsp3) is 0.333. The summed E-state index contributed by atoms with van der Waals surface area (Å²) in [6.45, 7) is 5.73. The Hall–Kier alpha value is -2.84. The van der Waals surface area contributed by atoms with Gasteiger partial charge in [0, 0.05) is 31.9 Å². The molecule has 3 rings (SSSR count). The van der Waals surface area contributed by atoms with Gasteiger partial charge in [-0.15, -0.1) is 0 Å². The Bertz CT molecular complexity index is 804. The number of anilines is 2. The number of piperazine rings is 1. The molecule has 5 nitrogen and oxygen atoms in total. The molecule has 134 valence electrons. The van der Waals surface area contributed by atoms with E-state index < -0.39 is 0 Å². The van der Waals surface area contributed by atoms with Gasteiger partial charge >= 0.3 is 0 Å². The average molecular weight is 348 g/mol. The highest BCUT2D eigenvalue weighted by atomic mass is 16.2. The molecule has 0 atom stereocenters. The zero-order valence-corrected chi connectivity index (χ0v) is 15.1. The Morgan fingerprint density at radius 2 is 1.77 bits per heavy atom. The molecule has 1 aliphatic heterocycles. The Kier molecular flexibility index (Phi) is 5.88. The molecule has 0 radical (unpaired) electrons. The predicted molar refractivity (Wildman–Crippen MR) is 104 cm³/mol. The van der Waals surface area contributed by atoms with E-state index in [4.69, 9.17) is 0 Å². The van der Waals surface area contributed by atoms with E-state index in [2.05, 4.69) is 28.1 Å². The molecule has 0 aliphatic carbocycles. The van der Waals surface area contributed by atoms with Crippen molar-refractivity contribution in [2.24, 2.45) is 0 Å². The number of amides is 1. The molecule has 1 saturated heterocycles. The van der Waals surface area contributed by atoms with Gasteiger partial charge in [-0.25, -0.2) is 0 Å². The van der Waals surface area contributed by atoms with Crippen molar-refractivity contribution in [1.29, 1.82) is 5.26 Å². The summed E-state index contributed by atoms with van der Waals surface area (Å²) in [5.74, 6) is 0.0248. The van der Waals surface area contributed by atoms with Crippen LogP contribution < -0.4 is 10.2 Å². The maximum atomic E-state index is 12.4. The van der Waals surface area contributed by atoms with Gasteiger partial charge in [0.05, 0.1) is 17.8 Å². The van der Waals surface area contributed by atoms with Crippen molar-refractivity contribution in [3.8, 4) is 6.07 Å². The number of nitriles is 1. The number of benzene rings is 2. The predicted octanol–water partition coefficient (Wildman–Crippen LogP) is 2.88. The normalized spacial score (nSPS) is 14.7. The first-order valence-electron chi connectivity index (χ1n) is 9.05. The minimum Gasteiger partial charge on any atom is -0.368 e. The van der Waals surface area contributed by atoms with E-state index in [0.29, 0.717) is 12.1 Å². The molecule has 1 heterocycles. The van der Waals surface area contributed by atoms with Crippen molar-refractivity contribution < 1.29 is 4.79 Å². The second kappa shape index (κ2) is 8.50. The minimum atomic E-state index is 0.0248. The zero-order chi connectivity index (χ0) is 18.4. The molecule has 0 bridgehead atoms. The maximum Gasteiger partial charge on any atom is 0.238 e. The third kappa shape index (κ3) is 4.22. The van der Waals surface area contributed by atoms with E-state index in [0.717, 1.165) is 49.5 Å². The van der Waals surface area contributed by atoms with Crippen LogP contribution in [-0.4, -0.2) is 43.5 Å². The average Bonchev–Trinajstić information content (AvgIpc) is 2.69. The molecule has 2 aromatic rings. The molecule has 1 N–H and O–H groups in total. The molecule has 1 amide bonds. The fourth-order valence-corrected chi connectivity index (χ4v) is 3.33. The number of rotatable bonds is 5. The van der Waals surface area contributed by atoms with E-state index in [1.54, 1.807) is 0 Å². The van der Waals surface area contributed by atoms with Gasteiger partial charge in [0.15, 0.2) is 0 Å². The van der Waals surface area contributed by atoms with Crippen LogP contribution in [0, 0.1) is 11.3 Å². The zero-order valence-electron chi connectivity index (χ0n) is 15.1. The van der Waals surface area contributed by atoms with Crippen LogP contribution in [0.5, 0.6) is 0 Å². The summed E-state index contributed by atoms with van der Waals surface area (Å²) in [4.78, 5) is 16.8. The van der Waals surface area contributed by atoms with Crippen LogP contribution in [0.4, 0.5) is 11.4 Å². The largest absolute Gasteiger partial charge is 0.368 e. The lowest BCUT2D eigenvalue weighted by Gasteiger charge is -2.36. The highest BCUT2D eigenvalue weighted by Crippen LogP contribution is 2.21. The molecule has 0 aromatic heterocycles. The Morgan fingerprint density at radius 1 is 1.08 bits per heavy atom. The number of nitrogens with zero attached hydrogens (tertiary/aromatic N) is 3. The Morgan fingerprint density at radius 3 is 2.50 bits per heavy atom. The topological polar surface area (TPSA) is 59.4 Å². The Balaban J connectivity index is 1.54. The van der Waals surface area contributed by atoms with Crippen LogP contribution in [0.3, 0.4) is 0 Å². The van der Waals surface area contributed by atoms with E-state index in [9.17, 15) is 10.1 Å². The first-order chi connectivity index (χ1) is 12.7. The van der Waals surface area contributed by atoms with Crippen molar-refractivity contribution in [3.05, 3.63) is 59.7 Å². The van der Waals surface area contributed by atoms with Gasteiger partial charge in [-0.3, -0.25) is 9.69 Å². The van der Waals surface area contributed by atoms with E-state index in [-0.39, 0.29) is 5.91 Å². The lowest BCUT2D eigenvalue weighted by Crippen LogP contribution is -2.48. The monoisotopic (exact) mass is 348 g/mol. The highest BCUT2D eigenvalue weighted by Gasteiger charge is 2.20. The summed E-state index contributed by atoms with van der Waals surface area (Å²) in [5.41, 5.74) is 3.74. The summed E-state index contributed by atoms with van der Waals surface area (Å²) in [7, 11) is 0. The number of hydrogen-bond donors (Lipinski definition) is 1. The lowest BCUT2D eigenvalue weighted by atomic mass is 10.1. The van der Waals surface area contributed by atoms with Crippen molar-refractivity contribution in [3.63, 3.8) is 0 Å². The van der Waals surface area contributed by atoms with Crippen molar-refractivity contribution in [1.82, 2.24) is 4.90 Å². The minimum absolute atomic E-state index is 0.0248. The summed E-state index contributed by atoms with van der Waals surface area (Å²) < 4.78 is 0.